The molecule has 0 amide bonds. The fourth-order valence-corrected chi connectivity index (χ4v) is 4.29. The van der Waals surface area contributed by atoms with Crippen LogP contribution in [0.25, 0.3) is 21.7 Å². The van der Waals surface area contributed by atoms with E-state index in [2.05, 4.69) is 47.4 Å². The zero-order valence-electron chi connectivity index (χ0n) is 16.1. The second kappa shape index (κ2) is 6.34. The normalized spacial score (nSPS) is 12.5. The maximum Gasteiger partial charge on any atom is 0.202 e. The van der Waals surface area contributed by atoms with E-state index in [1.807, 2.05) is 42.1 Å². The minimum atomic E-state index is 0.447. The van der Waals surface area contributed by atoms with Crippen LogP contribution in [0.2, 0.25) is 0 Å². The van der Waals surface area contributed by atoms with Gasteiger partial charge in [-0.05, 0) is 65.1 Å². The molecule has 4 nitrogen and oxygen atoms in total. The van der Waals surface area contributed by atoms with Crippen molar-refractivity contribution in [3.05, 3.63) is 78.0 Å². The molecule has 138 valence electrons. The Morgan fingerprint density at radius 3 is 2.64 bits per heavy atom. The van der Waals surface area contributed by atoms with Gasteiger partial charge in [-0.25, -0.2) is 0 Å². The summed E-state index contributed by atoms with van der Waals surface area (Å²) in [6.45, 7) is 0. The summed E-state index contributed by atoms with van der Waals surface area (Å²) in [7, 11) is 3.93. The first-order chi connectivity index (χ1) is 13.6. The van der Waals surface area contributed by atoms with E-state index in [4.69, 9.17) is 5.41 Å². The van der Waals surface area contributed by atoms with Crippen LogP contribution in [0, 0.1) is 5.41 Å². The maximum atomic E-state index is 8.82. The summed E-state index contributed by atoms with van der Waals surface area (Å²) in [6.07, 6.45) is 3.92. The van der Waals surface area contributed by atoms with Crippen molar-refractivity contribution in [3.8, 4) is 0 Å². The number of hydrogen-bond acceptors (Lipinski definition) is 2. The molecule has 0 saturated heterocycles. The summed E-state index contributed by atoms with van der Waals surface area (Å²) in [5.41, 5.74) is 5.85. The summed E-state index contributed by atoms with van der Waals surface area (Å²) in [5.74, 6) is 0.447. The summed E-state index contributed by atoms with van der Waals surface area (Å²) in [4.78, 5) is 8.30. The number of pyridine rings is 1. The Balaban J connectivity index is 1.51. The van der Waals surface area contributed by atoms with Gasteiger partial charge >= 0.3 is 0 Å². The fourth-order valence-electron chi connectivity index (χ4n) is 4.29. The first-order valence-electron chi connectivity index (χ1n) is 9.58. The van der Waals surface area contributed by atoms with Crippen LogP contribution < -0.4 is 9.80 Å². The molecule has 5 rings (SSSR count). The Morgan fingerprint density at radius 2 is 1.75 bits per heavy atom. The van der Waals surface area contributed by atoms with Crippen molar-refractivity contribution < 1.29 is 0 Å². The zero-order valence-corrected chi connectivity index (χ0v) is 16.1. The molecule has 3 aromatic carbocycles. The molecule has 0 unspecified atom stereocenters. The number of aryl methyl sites for hydroxylation is 2. The Hall–Kier alpha value is -3.40. The summed E-state index contributed by atoms with van der Waals surface area (Å²) in [6, 6.07) is 21.0. The first kappa shape index (κ1) is 16.8. The molecule has 4 aromatic rings. The number of benzene rings is 3. The van der Waals surface area contributed by atoms with E-state index >= 15 is 0 Å². The average Bonchev–Trinajstić information content (AvgIpc) is 3.18. The van der Waals surface area contributed by atoms with Crippen LogP contribution >= 0.6 is 0 Å². The number of guanidine groups is 1. The van der Waals surface area contributed by atoms with Crippen LogP contribution in [0.1, 0.15) is 11.1 Å². The lowest BCUT2D eigenvalue weighted by Crippen LogP contribution is -2.40. The minimum absolute atomic E-state index is 0.447. The van der Waals surface area contributed by atoms with Crippen molar-refractivity contribution in [1.82, 2.24) is 4.98 Å². The van der Waals surface area contributed by atoms with E-state index in [0.29, 0.717) is 5.96 Å². The Morgan fingerprint density at radius 1 is 0.893 bits per heavy atom. The van der Waals surface area contributed by atoms with Gasteiger partial charge in [0.05, 0.1) is 5.52 Å². The summed E-state index contributed by atoms with van der Waals surface area (Å²) < 4.78 is 0. The van der Waals surface area contributed by atoms with Gasteiger partial charge < -0.3 is 9.80 Å². The van der Waals surface area contributed by atoms with Gasteiger partial charge in [-0.2, -0.15) is 0 Å². The van der Waals surface area contributed by atoms with Crippen molar-refractivity contribution in [1.29, 1.82) is 5.41 Å². The molecule has 1 aliphatic carbocycles. The van der Waals surface area contributed by atoms with Crippen LogP contribution in [0.5, 0.6) is 0 Å². The first-order valence-corrected chi connectivity index (χ1v) is 9.58. The minimum Gasteiger partial charge on any atom is -0.316 e. The topological polar surface area (TPSA) is 43.2 Å². The third kappa shape index (κ3) is 2.53. The van der Waals surface area contributed by atoms with E-state index in [0.717, 1.165) is 35.1 Å². The van der Waals surface area contributed by atoms with Crippen LogP contribution in [0.4, 0.5) is 11.4 Å². The largest absolute Gasteiger partial charge is 0.316 e. The smallest absolute Gasteiger partial charge is 0.202 e. The molecule has 0 radical (unpaired) electrons. The highest BCUT2D eigenvalue weighted by molar-refractivity contribution is 6.07. The number of nitrogens with zero attached hydrogens (tertiary/aromatic N) is 3. The third-order valence-electron chi connectivity index (χ3n) is 5.83. The molecule has 0 atom stereocenters. The Labute approximate surface area is 164 Å². The van der Waals surface area contributed by atoms with E-state index in [1.165, 1.54) is 21.9 Å². The lowest BCUT2D eigenvalue weighted by atomic mass is 10.0. The fraction of sp³-hybridized carbons (Fsp3) is 0.167. The van der Waals surface area contributed by atoms with Crippen molar-refractivity contribution in [3.63, 3.8) is 0 Å². The zero-order chi connectivity index (χ0) is 19.3. The number of rotatable bonds is 2. The molecule has 0 aliphatic heterocycles. The molecular formula is C24H22N4. The molecule has 0 spiro atoms. The monoisotopic (exact) mass is 366 g/mol. The van der Waals surface area contributed by atoms with Crippen LogP contribution in [0.15, 0.2) is 66.9 Å². The quantitative estimate of drug-likeness (QED) is 0.401. The predicted octanol–water partition coefficient (Wildman–Crippen LogP) is 4.99. The van der Waals surface area contributed by atoms with Gasteiger partial charge in [0, 0.05) is 37.1 Å². The molecule has 1 aromatic heterocycles. The van der Waals surface area contributed by atoms with E-state index in [1.54, 1.807) is 6.20 Å². The van der Waals surface area contributed by atoms with Gasteiger partial charge in [0.2, 0.25) is 5.96 Å². The number of hydrogen-bond donors (Lipinski definition) is 1. The number of fused-ring (bicyclic) bond motifs is 1. The molecule has 1 heterocycles. The SMILES string of the molecule is CN(C(=N)N(C)c1ccc2cccc3c2c1CC3)c1ccc2ncccc2c1. The Kier molecular flexibility index (Phi) is 3.79. The predicted molar refractivity (Wildman–Crippen MR) is 118 cm³/mol. The van der Waals surface area contributed by atoms with Crippen molar-refractivity contribution in [2.45, 2.75) is 12.8 Å². The van der Waals surface area contributed by atoms with Gasteiger partial charge in [0.1, 0.15) is 0 Å². The highest BCUT2D eigenvalue weighted by atomic mass is 15.3. The maximum absolute atomic E-state index is 8.82. The molecule has 0 fully saturated rings. The average molecular weight is 366 g/mol. The number of aromatic nitrogens is 1. The second-order valence-electron chi connectivity index (χ2n) is 7.40. The molecule has 0 saturated carbocycles. The van der Waals surface area contributed by atoms with Crippen molar-refractivity contribution in [2.75, 3.05) is 23.9 Å². The Bertz CT molecular complexity index is 1230. The van der Waals surface area contributed by atoms with Gasteiger partial charge in [-0.3, -0.25) is 10.4 Å². The molecular weight excluding hydrogens is 344 g/mol. The highest BCUT2D eigenvalue weighted by Gasteiger charge is 2.22. The third-order valence-corrected chi connectivity index (χ3v) is 5.83. The van der Waals surface area contributed by atoms with Gasteiger partial charge in [-0.1, -0.05) is 30.3 Å². The lowest BCUT2D eigenvalue weighted by molar-refractivity contribution is 1.01. The second-order valence-corrected chi connectivity index (χ2v) is 7.40. The molecule has 1 N–H and O–H groups in total. The standard InChI is InChI=1S/C24H22N4/c1-27(19-10-12-21-18(15-19)7-4-14-26-21)24(25)28(2)22-13-9-17-6-3-5-16-8-11-20(22)23(16)17/h3-7,9-10,12-15,25H,8,11H2,1-2H3. The van der Waals surface area contributed by atoms with E-state index in [-0.39, 0.29) is 0 Å². The molecule has 4 heteroatoms. The van der Waals surface area contributed by atoms with Crippen LogP contribution in [-0.4, -0.2) is 25.0 Å². The lowest BCUT2D eigenvalue weighted by Gasteiger charge is -2.29. The molecule has 28 heavy (non-hydrogen) atoms. The highest BCUT2D eigenvalue weighted by Crippen LogP contribution is 2.37. The summed E-state index contributed by atoms with van der Waals surface area (Å²) in [5, 5.41) is 12.6. The number of anilines is 2. The molecule has 0 bridgehead atoms. The number of nitrogens with one attached hydrogen (secondary N) is 1. The van der Waals surface area contributed by atoms with Crippen molar-refractivity contribution in [2.24, 2.45) is 0 Å². The van der Waals surface area contributed by atoms with Gasteiger partial charge in [0.25, 0.3) is 0 Å². The van der Waals surface area contributed by atoms with Crippen LogP contribution in [-0.2, 0) is 12.8 Å². The van der Waals surface area contributed by atoms with E-state index < -0.39 is 0 Å². The van der Waals surface area contributed by atoms with E-state index in [9.17, 15) is 0 Å². The van der Waals surface area contributed by atoms with Gasteiger partial charge in [-0.15, -0.1) is 0 Å². The van der Waals surface area contributed by atoms with Crippen LogP contribution in [0.3, 0.4) is 0 Å². The van der Waals surface area contributed by atoms with Gasteiger partial charge in [0.15, 0.2) is 0 Å². The van der Waals surface area contributed by atoms with Crippen molar-refractivity contribution >= 4 is 39.0 Å². The molecule has 1 aliphatic rings. The summed E-state index contributed by atoms with van der Waals surface area (Å²) >= 11 is 0.